The molecule has 0 atom stereocenters. The fourth-order valence-corrected chi connectivity index (χ4v) is 6.23. The zero-order valence-electron chi connectivity index (χ0n) is 15.7. The normalized spacial score (nSPS) is 12.8. The first kappa shape index (κ1) is 15.6. The first-order valence-electron chi connectivity index (χ1n) is 10.0. The number of halogens is 1. The molecule has 0 unspecified atom stereocenters. The van der Waals surface area contributed by atoms with Gasteiger partial charge in [0.05, 0.1) is 44.9 Å². The largest absolute Gasteiger partial charge is 0.454 e. The summed E-state index contributed by atoms with van der Waals surface area (Å²) in [6, 6.07) is 28.2. The van der Waals surface area contributed by atoms with Crippen LogP contribution in [-0.4, -0.2) is 7.18 Å². The van der Waals surface area contributed by atoms with E-state index in [1.165, 1.54) is 49.0 Å². The van der Waals surface area contributed by atoms with Crippen molar-refractivity contribution in [3.63, 3.8) is 0 Å². The van der Waals surface area contributed by atoms with Crippen molar-refractivity contribution in [3.8, 4) is 0 Å². The first-order chi connectivity index (χ1) is 14.8. The Hall–Kier alpha value is -3.25. The van der Waals surface area contributed by atoms with E-state index >= 15 is 0 Å². The van der Waals surface area contributed by atoms with Crippen molar-refractivity contribution in [3.05, 3.63) is 78.9 Å². The molecule has 0 saturated carbocycles. The van der Waals surface area contributed by atoms with E-state index in [0.717, 1.165) is 22.1 Å². The number of rotatable bonds is 0. The van der Waals surface area contributed by atoms with Gasteiger partial charge in [0.1, 0.15) is 11.1 Å². The SMILES string of the molecule is In1c2cccc3c4cccc5c6oc7ccccc7c6n(c6cccc1c6c32)c45. The van der Waals surface area contributed by atoms with Gasteiger partial charge in [0.25, 0.3) is 0 Å². The molecular weight excluding hydrogens is 483 g/mol. The predicted octanol–water partition coefficient (Wildman–Crippen LogP) is 7.89. The van der Waals surface area contributed by atoms with Gasteiger partial charge in [0.15, 0.2) is 5.58 Å². The van der Waals surface area contributed by atoms with Crippen LogP contribution in [0, 0.1) is 0 Å². The number of aromatic nitrogens is 2. The zero-order valence-corrected chi connectivity index (χ0v) is 17.8. The van der Waals surface area contributed by atoms with Crippen LogP contribution in [0.2, 0.25) is 0 Å². The van der Waals surface area contributed by atoms with Crippen LogP contribution in [0.1, 0.15) is 0 Å². The lowest BCUT2D eigenvalue weighted by molar-refractivity contribution is 0.673. The first-order valence-corrected chi connectivity index (χ1v) is 11.0. The fourth-order valence-electron chi connectivity index (χ4n) is 5.43. The molecule has 0 aliphatic heterocycles. The molecule has 8 rings (SSSR count). The van der Waals surface area contributed by atoms with Crippen molar-refractivity contribution in [2.75, 3.05) is 0 Å². The van der Waals surface area contributed by atoms with E-state index in [-0.39, 0.29) is 0 Å². The molecular formula is C26H13IN2O. The zero-order chi connectivity index (χ0) is 19.6. The monoisotopic (exact) mass is 496 g/mol. The maximum atomic E-state index is 6.41. The highest BCUT2D eigenvalue weighted by Gasteiger charge is 2.23. The lowest BCUT2D eigenvalue weighted by Gasteiger charge is -2.03. The molecule has 0 fully saturated rings. The lowest BCUT2D eigenvalue weighted by atomic mass is 10.0. The van der Waals surface area contributed by atoms with Crippen molar-refractivity contribution in [1.29, 1.82) is 0 Å². The van der Waals surface area contributed by atoms with E-state index in [1.54, 1.807) is 0 Å². The van der Waals surface area contributed by atoms with Crippen molar-refractivity contribution in [2.24, 2.45) is 0 Å². The molecule has 4 heterocycles. The van der Waals surface area contributed by atoms with Gasteiger partial charge >= 0.3 is 0 Å². The summed E-state index contributed by atoms with van der Waals surface area (Å²) in [5, 5.41) is 7.50. The summed E-state index contributed by atoms with van der Waals surface area (Å²) in [5.74, 6) is 0. The molecule has 0 spiro atoms. The van der Waals surface area contributed by atoms with Gasteiger partial charge in [-0.05, 0) is 41.8 Å². The Morgan fingerprint density at radius 2 is 1.23 bits per heavy atom. The second kappa shape index (κ2) is 5.08. The minimum absolute atomic E-state index is 0.934. The van der Waals surface area contributed by atoms with E-state index in [9.17, 15) is 0 Å². The summed E-state index contributed by atoms with van der Waals surface area (Å²) in [7, 11) is 0. The Bertz CT molecular complexity index is 1970. The standard InChI is InChI=1S/C26H13IN2O/c27-29-19-11-4-7-14-15-8-3-9-17-24(15)28(18-10-5-12-20(29)23(18)22(14)19)25-16-6-1-2-13-21(16)30-26(17)25/h1-13H. The van der Waals surface area contributed by atoms with Crippen LogP contribution in [0.4, 0.5) is 0 Å². The van der Waals surface area contributed by atoms with Crippen molar-refractivity contribution < 1.29 is 4.42 Å². The number of hydrogen-bond donors (Lipinski definition) is 0. The highest BCUT2D eigenvalue weighted by molar-refractivity contribution is 14.1. The Balaban J connectivity index is 1.91. The molecule has 0 bridgehead atoms. The van der Waals surface area contributed by atoms with Gasteiger partial charge in [-0.2, -0.15) is 0 Å². The minimum Gasteiger partial charge on any atom is -0.454 e. The predicted molar refractivity (Wildman–Crippen MR) is 133 cm³/mol. The molecule has 0 N–H and O–H groups in total. The summed E-state index contributed by atoms with van der Waals surface area (Å²) in [5.41, 5.74) is 8.00. The van der Waals surface area contributed by atoms with Gasteiger partial charge in [-0.1, -0.05) is 42.5 Å². The van der Waals surface area contributed by atoms with Crippen molar-refractivity contribution in [1.82, 2.24) is 7.18 Å². The van der Waals surface area contributed by atoms with Gasteiger partial charge in [-0.25, -0.2) is 0 Å². The van der Waals surface area contributed by atoms with Crippen LogP contribution in [0.3, 0.4) is 0 Å². The maximum Gasteiger partial charge on any atom is 0.161 e. The Morgan fingerprint density at radius 3 is 2.17 bits per heavy atom. The number of fused-ring (bicyclic) bond motifs is 7. The van der Waals surface area contributed by atoms with Crippen LogP contribution >= 0.6 is 22.9 Å². The lowest BCUT2D eigenvalue weighted by Crippen LogP contribution is -1.86. The van der Waals surface area contributed by atoms with E-state index in [1.807, 2.05) is 6.07 Å². The maximum absolute atomic E-state index is 6.41. The fraction of sp³-hybridized carbons (Fsp3) is 0. The van der Waals surface area contributed by atoms with Crippen LogP contribution in [0.15, 0.2) is 83.3 Å². The molecule has 8 aromatic rings. The Kier molecular flexibility index (Phi) is 2.63. The summed E-state index contributed by atoms with van der Waals surface area (Å²) in [6.45, 7) is 0. The number of benzene rings is 4. The van der Waals surface area contributed by atoms with Crippen molar-refractivity contribution >= 4 is 93.9 Å². The summed E-state index contributed by atoms with van der Waals surface area (Å²) >= 11 is 2.43. The Morgan fingerprint density at radius 1 is 0.567 bits per heavy atom. The molecule has 0 radical (unpaired) electrons. The highest BCUT2D eigenvalue weighted by Crippen LogP contribution is 2.45. The van der Waals surface area contributed by atoms with Crippen LogP contribution in [0.25, 0.3) is 71.1 Å². The van der Waals surface area contributed by atoms with Crippen LogP contribution < -0.4 is 0 Å². The molecule has 4 aromatic carbocycles. The third-order valence-corrected chi connectivity index (χ3v) is 7.60. The quantitative estimate of drug-likeness (QED) is 0.196. The second-order valence-corrected chi connectivity index (χ2v) is 8.93. The Labute approximate surface area is 183 Å². The van der Waals surface area contributed by atoms with Gasteiger partial charge in [-0.15, -0.1) is 0 Å². The van der Waals surface area contributed by atoms with Gasteiger partial charge < -0.3 is 8.82 Å². The van der Waals surface area contributed by atoms with Crippen LogP contribution in [-0.2, 0) is 0 Å². The molecule has 3 nitrogen and oxygen atoms in total. The van der Waals surface area contributed by atoms with E-state index in [2.05, 4.69) is 103 Å². The molecule has 4 aromatic heterocycles. The molecule has 140 valence electrons. The van der Waals surface area contributed by atoms with Crippen molar-refractivity contribution in [2.45, 2.75) is 0 Å². The third-order valence-electron chi connectivity index (χ3n) is 6.56. The molecule has 0 aliphatic carbocycles. The van der Waals surface area contributed by atoms with Gasteiger partial charge in [0.2, 0.25) is 0 Å². The minimum atomic E-state index is 0.934. The average Bonchev–Trinajstić information content (AvgIpc) is 3.38. The number of nitrogens with zero attached hydrogens (tertiary/aromatic N) is 2. The van der Waals surface area contributed by atoms with E-state index in [0.29, 0.717) is 0 Å². The van der Waals surface area contributed by atoms with Crippen LogP contribution in [0.5, 0.6) is 0 Å². The highest BCUT2D eigenvalue weighted by atomic mass is 127. The molecule has 0 amide bonds. The number of para-hydroxylation sites is 2. The summed E-state index contributed by atoms with van der Waals surface area (Å²) < 4.78 is 11.1. The topological polar surface area (TPSA) is 22.5 Å². The molecule has 4 heteroatoms. The number of hydrogen-bond acceptors (Lipinski definition) is 1. The summed E-state index contributed by atoms with van der Waals surface area (Å²) in [4.78, 5) is 0. The molecule has 0 aliphatic rings. The van der Waals surface area contributed by atoms with E-state index in [4.69, 9.17) is 4.42 Å². The molecule has 30 heavy (non-hydrogen) atoms. The third kappa shape index (κ3) is 1.59. The number of furan rings is 1. The average molecular weight is 496 g/mol. The smallest absolute Gasteiger partial charge is 0.161 e. The second-order valence-electron chi connectivity index (χ2n) is 7.96. The summed E-state index contributed by atoms with van der Waals surface area (Å²) in [6.07, 6.45) is 0. The van der Waals surface area contributed by atoms with E-state index < -0.39 is 0 Å². The van der Waals surface area contributed by atoms with Gasteiger partial charge in [0, 0.05) is 26.9 Å². The van der Waals surface area contributed by atoms with Gasteiger partial charge in [-0.3, -0.25) is 2.78 Å². The molecule has 0 saturated heterocycles.